The van der Waals surface area contributed by atoms with Gasteiger partial charge in [-0.3, -0.25) is 0 Å². The summed E-state index contributed by atoms with van der Waals surface area (Å²) in [6, 6.07) is 26.3. The summed E-state index contributed by atoms with van der Waals surface area (Å²) < 4.78 is 0. The Kier molecular flexibility index (Phi) is 3.71. The molecule has 0 aliphatic rings. The van der Waals surface area contributed by atoms with Gasteiger partial charge in [0.1, 0.15) is 0 Å². The molecule has 0 spiro atoms. The standard InChI is InChI=1S/C18H14ClN/c19-15-11-12-18(20-16-9-5-2-6-10-16)17(13-15)14-7-3-1-4-8-14/h1-13,20H. The van der Waals surface area contributed by atoms with Crippen LogP contribution in [-0.4, -0.2) is 0 Å². The van der Waals surface area contributed by atoms with Gasteiger partial charge < -0.3 is 5.32 Å². The molecule has 1 N–H and O–H groups in total. The van der Waals surface area contributed by atoms with Gasteiger partial charge in [-0.05, 0) is 35.9 Å². The van der Waals surface area contributed by atoms with Crippen molar-refractivity contribution in [3.63, 3.8) is 0 Å². The van der Waals surface area contributed by atoms with Gasteiger partial charge in [-0.2, -0.15) is 0 Å². The first-order chi connectivity index (χ1) is 9.83. The predicted octanol–water partition coefficient (Wildman–Crippen LogP) is 5.75. The minimum Gasteiger partial charge on any atom is -0.355 e. The third-order valence-corrected chi connectivity index (χ3v) is 3.35. The lowest BCUT2D eigenvalue weighted by Gasteiger charge is -2.13. The lowest BCUT2D eigenvalue weighted by atomic mass is 10.0. The van der Waals surface area contributed by atoms with Crippen LogP contribution >= 0.6 is 11.6 Å². The number of halogens is 1. The molecular formula is C18H14ClN. The highest BCUT2D eigenvalue weighted by Crippen LogP contribution is 2.32. The summed E-state index contributed by atoms with van der Waals surface area (Å²) in [7, 11) is 0. The summed E-state index contributed by atoms with van der Waals surface area (Å²) in [5.74, 6) is 0. The quantitative estimate of drug-likeness (QED) is 0.643. The maximum atomic E-state index is 6.14. The van der Waals surface area contributed by atoms with E-state index < -0.39 is 0 Å². The molecule has 0 amide bonds. The molecule has 3 aromatic carbocycles. The molecule has 0 saturated heterocycles. The maximum absolute atomic E-state index is 6.14. The molecule has 0 fully saturated rings. The molecule has 0 aliphatic heterocycles. The Morgan fingerprint density at radius 3 is 2.05 bits per heavy atom. The molecule has 0 radical (unpaired) electrons. The number of benzene rings is 3. The predicted molar refractivity (Wildman–Crippen MR) is 86.6 cm³/mol. The zero-order chi connectivity index (χ0) is 13.8. The molecule has 0 heterocycles. The SMILES string of the molecule is Clc1ccc(Nc2ccccc2)c(-c2ccccc2)c1. The van der Waals surface area contributed by atoms with Crippen molar-refractivity contribution in [2.45, 2.75) is 0 Å². The Morgan fingerprint density at radius 2 is 1.35 bits per heavy atom. The van der Waals surface area contributed by atoms with Crippen LogP contribution in [0.1, 0.15) is 0 Å². The highest BCUT2D eigenvalue weighted by atomic mass is 35.5. The first-order valence-corrected chi connectivity index (χ1v) is 6.88. The van der Waals surface area contributed by atoms with E-state index in [9.17, 15) is 0 Å². The van der Waals surface area contributed by atoms with Gasteiger partial charge in [-0.15, -0.1) is 0 Å². The van der Waals surface area contributed by atoms with Gasteiger partial charge >= 0.3 is 0 Å². The van der Waals surface area contributed by atoms with Crippen LogP contribution in [0.3, 0.4) is 0 Å². The van der Waals surface area contributed by atoms with Gasteiger partial charge in [-0.25, -0.2) is 0 Å². The summed E-state index contributed by atoms with van der Waals surface area (Å²) in [6.45, 7) is 0. The van der Waals surface area contributed by atoms with Crippen molar-refractivity contribution in [3.05, 3.63) is 83.9 Å². The van der Waals surface area contributed by atoms with Gasteiger partial charge in [0.2, 0.25) is 0 Å². The largest absolute Gasteiger partial charge is 0.355 e. The molecule has 20 heavy (non-hydrogen) atoms. The second-order valence-electron chi connectivity index (χ2n) is 4.55. The van der Waals surface area contributed by atoms with Crippen molar-refractivity contribution in [2.75, 3.05) is 5.32 Å². The molecular weight excluding hydrogens is 266 g/mol. The van der Waals surface area contributed by atoms with Gasteiger partial charge in [0, 0.05) is 22.0 Å². The average molecular weight is 280 g/mol. The van der Waals surface area contributed by atoms with E-state index >= 15 is 0 Å². The Hall–Kier alpha value is -2.25. The topological polar surface area (TPSA) is 12.0 Å². The summed E-state index contributed by atoms with van der Waals surface area (Å²) >= 11 is 6.14. The van der Waals surface area contributed by atoms with E-state index in [0.29, 0.717) is 0 Å². The van der Waals surface area contributed by atoms with Gasteiger partial charge in [0.15, 0.2) is 0 Å². The van der Waals surface area contributed by atoms with E-state index in [2.05, 4.69) is 17.4 Å². The molecule has 3 rings (SSSR count). The van der Waals surface area contributed by atoms with Crippen molar-refractivity contribution in [3.8, 4) is 11.1 Å². The Bertz CT molecular complexity index is 693. The third kappa shape index (κ3) is 2.84. The number of hydrogen-bond donors (Lipinski definition) is 1. The molecule has 3 aromatic rings. The van der Waals surface area contributed by atoms with Crippen LogP contribution in [-0.2, 0) is 0 Å². The summed E-state index contributed by atoms with van der Waals surface area (Å²) in [4.78, 5) is 0. The summed E-state index contributed by atoms with van der Waals surface area (Å²) in [5.41, 5.74) is 4.36. The minimum atomic E-state index is 0.738. The number of rotatable bonds is 3. The normalized spacial score (nSPS) is 10.2. The van der Waals surface area contributed by atoms with Crippen LogP contribution in [0.25, 0.3) is 11.1 Å². The average Bonchev–Trinajstić information content (AvgIpc) is 2.51. The molecule has 0 aromatic heterocycles. The molecule has 0 saturated carbocycles. The van der Waals surface area contributed by atoms with E-state index in [0.717, 1.165) is 27.5 Å². The highest BCUT2D eigenvalue weighted by Gasteiger charge is 2.06. The van der Waals surface area contributed by atoms with Crippen LogP contribution in [0.4, 0.5) is 11.4 Å². The van der Waals surface area contributed by atoms with Crippen molar-refractivity contribution in [2.24, 2.45) is 0 Å². The Labute approximate surface area is 123 Å². The molecule has 0 unspecified atom stereocenters. The molecule has 0 bridgehead atoms. The maximum Gasteiger partial charge on any atom is 0.0464 e. The molecule has 0 aliphatic carbocycles. The highest BCUT2D eigenvalue weighted by molar-refractivity contribution is 6.31. The van der Waals surface area contributed by atoms with Gasteiger partial charge in [0.05, 0.1) is 0 Å². The van der Waals surface area contributed by atoms with Gasteiger partial charge in [0.25, 0.3) is 0 Å². The lowest BCUT2D eigenvalue weighted by Crippen LogP contribution is -1.93. The zero-order valence-electron chi connectivity index (χ0n) is 10.9. The van der Waals surface area contributed by atoms with Crippen LogP contribution in [0.2, 0.25) is 5.02 Å². The molecule has 2 heteroatoms. The number of hydrogen-bond acceptors (Lipinski definition) is 1. The minimum absolute atomic E-state index is 0.738. The monoisotopic (exact) mass is 279 g/mol. The fourth-order valence-corrected chi connectivity index (χ4v) is 2.33. The van der Waals surface area contributed by atoms with Crippen molar-refractivity contribution >= 4 is 23.0 Å². The van der Waals surface area contributed by atoms with E-state index in [1.807, 2.05) is 66.7 Å². The van der Waals surface area contributed by atoms with Crippen LogP contribution in [0, 0.1) is 0 Å². The fraction of sp³-hybridized carbons (Fsp3) is 0. The Morgan fingerprint density at radius 1 is 0.700 bits per heavy atom. The zero-order valence-corrected chi connectivity index (χ0v) is 11.6. The van der Waals surface area contributed by atoms with E-state index in [-0.39, 0.29) is 0 Å². The second-order valence-corrected chi connectivity index (χ2v) is 4.98. The second kappa shape index (κ2) is 5.81. The first-order valence-electron chi connectivity index (χ1n) is 6.50. The number of para-hydroxylation sites is 1. The smallest absolute Gasteiger partial charge is 0.0464 e. The van der Waals surface area contributed by atoms with Crippen LogP contribution in [0.15, 0.2) is 78.9 Å². The van der Waals surface area contributed by atoms with Gasteiger partial charge in [-0.1, -0.05) is 60.1 Å². The molecule has 98 valence electrons. The van der Waals surface area contributed by atoms with Crippen molar-refractivity contribution in [1.82, 2.24) is 0 Å². The van der Waals surface area contributed by atoms with Crippen molar-refractivity contribution in [1.29, 1.82) is 0 Å². The van der Waals surface area contributed by atoms with E-state index in [4.69, 9.17) is 11.6 Å². The van der Waals surface area contributed by atoms with E-state index in [1.165, 1.54) is 0 Å². The first kappa shape index (κ1) is 12.8. The lowest BCUT2D eigenvalue weighted by molar-refractivity contribution is 1.53. The summed E-state index contributed by atoms with van der Waals surface area (Å²) in [5, 5.41) is 4.18. The van der Waals surface area contributed by atoms with Crippen molar-refractivity contribution < 1.29 is 0 Å². The summed E-state index contributed by atoms with van der Waals surface area (Å²) in [6.07, 6.45) is 0. The van der Waals surface area contributed by atoms with Crippen LogP contribution in [0.5, 0.6) is 0 Å². The van der Waals surface area contributed by atoms with E-state index in [1.54, 1.807) is 0 Å². The fourth-order valence-electron chi connectivity index (χ4n) is 2.16. The number of nitrogens with one attached hydrogen (secondary N) is 1. The molecule has 0 atom stereocenters. The van der Waals surface area contributed by atoms with Crippen LogP contribution < -0.4 is 5.32 Å². The third-order valence-electron chi connectivity index (χ3n) is 3.12. The molecule has 1 nitrogen and oxygen atoms in total. The Balaban J connectivity index is 2.03. The number of anilines is 2.